The fourth-order valence-electron chi connectivity index (χ4n) is 3.70. The van der Waals surface area contributed by atoms with Crippen LogP contribution in [0.3, 0.4) is 0 Å². The third-order valence-electron chi connectivity index (χ3n) is 5.67. The van der Waals surface area contributed by atoms with E-state index in [4.69, 9.17) is 4.74 Å². The lowest BCUT2D eigenvalue weighted by Crippen LogP contribution is -2.46. The van der Waals surface area contributed by atoms with Gasteiger partial charge in [-0.05, 0) is 48.6 Å². The summed E-state index contributed by atoms with van der Waals surface area (Å²) in [6, 6.07) is 13.9. The summed E-state index contributed by atoms with van der Waals surface area (Å²) in [6.07, 6.45) is 1.81. The topological polar surface area (TPSA) is 110 Å². The number of nitrogens with zero attached hydrogens (tertiary/aromatic N) is 1. The molecule has 34 heavy (non-hydrogen) atoms. The van der Waals surface area contributed by atoms with Crippen LogP contribution in [0.4, 0.5) is 0 Å². The van der Waals surface area contributed by atoms with E-state index in [1.807, 2.05) is 30.3 Å². The SMILES string of the molecule is CC(C)C(NC(=O)Cc1ccccc1)C(=O)OCC(=O)c1ccc(S(=O)(=O)N2CCCC2)cc1. The molecule has 1 fully saturated rings. The molecule has 8 nitrogen and oxygen atoms in total. The Kier molecular flexibility index (Phi) is 8.57. The molecule has 1 aliphatic heterocycles. The van der Waals surface area contributed by atoms with Crippen LogP contribution in [0.2, 0.25) is 0 Å². The van der Waals surface area contributed by atoms with E-state index >= 15 is 0 Å². The van der Waals surface area contributed by atoms with Gasteiger partial charge in [0.05, 0.1) is 11.3 Å². The van der Waals surface area contributed by atoms with Crippen LogP contribution in [-0.4, -0.2) is 56.1 Å². The molecule has 1 amide bonds. The van der Waals surface area contributed by atoms with Gasteiger partial charge in [-0.25, -0.2) is 13.2 Å². The van der Waals surface area contributed by atoms with E-state index in [1.165, 1.54) is 28.6 Å². The van der Waals surface area contributed by atoms with Crippen LogP contribution in [0.25, 0.3) is 0 Å². The Morgan fingerprint density at radius 1 is 0.971 bits per heavy atom. The summed E-state index contributed by atoms with van der Waals surface area (Å²) in [4.78, 5) is 37.6. The van der Waals surface area contributed by atoms with E-state index < -0.39 is 34.4 Å². The first-order chi connectivity index (χ1) is 16.2. The number of ether oxygens (including phenoxy) is 1. The average molecular weight is 487 g/mol. The minimum Gasteiger partial charge on any atom is -0.456 e. The average Bonchev–Trinajstić information content (AvgIpc) is 3.37. The fraction of sp³-hybridized carbons (Fsp3) is 0.400. The lowest BCUT2D eigenvalue weighted by atomic mass is 10.0. The molecule has 1 atom stereocenters. The molecule has 2 aromatic rings. The van der Waals surface area contributed by atoms with Gasteiger partial charge in [0, 0.05) is 18.7 Å². The summed E-state index contributed by atoms with van der Waals surface area (Å²) in [5.74, 6) is -1.71. The van der Waals surface area contributed by atoms with Crippen molar-refractivity contribution in [3.05, 3.63) is 65.7 Å². The third-order valence-corrected chi connectivity index (χ3v) is 7.58. The molecule has 182 valence electrons. The number of benzene rings is 2. The third kappa shape index (κ3) is 6.51. The number of Topliss-reactive ketones (excluding diaryl/α,β-unsaturated/α-hetero) is 1. The summed E-state index contributed by atoms with van der Waals surface area (Å²) < 4.78 is 31.8. The molecule has 3 rings (SSSR count). The van der Waals surface area contributed by atoms with Gasteiger partial charge < -0.3 is 10.1 Å². The minimum atomic E-state index is -3.57. The summed E-state index contributed by atoms with van der Waals surface area (Å²) in [7, 11) is -3.57. The van der Waals surface area contributed by atoms with Gasteiger partial charge in [-0.15, -0.1) is 0 Å². The highest BCUT2D eigenvalue weighted by molar-refractivity contribution is 7.89. The van der Waals surface area contributed by atoms with Crippen molar-refractivity contribution in [3.63, 3.8) is 0 Å². The second-order valence-electron chi connectivity index (χ2n) is 8.62. The summed E-state index contributed by atoms with van der Waals surface area (Å²) in [5, 5.41) is 2.68. The molecule has 0 radical (unpaired) electrons. The van der Waals surface area contributed by atoms with Crippen LogP contribution >= 0.6 is 0 Å². The Morgan fingerprint density at radius 3 is 2.18 bits per heavy atom. The zero-order chi connectivity index (χ0) is 24.7. The molecule has 9 heteroatoms. The maximum atomic E-state index is 12.6. The summed E-state index contributed by atoms with van der Waals surface area (Å²) in [6.45, 7) is 4.04. The lowest BCUT2D eigenvalue weighted by molar-refractivity contribution is -0.148. The number of ketones is 1. The second-order valence-corrected chi connectivity index (χ2v) is 10.6. The van der Waals surface area contributed by atoms with Crippen LogP contribution in [0.5, 0.6) is 0 Å². The molecular formula is C25H30N2O6S. The van der Waals surface area contributed by atoms with Gasteiger partial charge in [0.1, 0.15) is 6.04 Å². The highest BCUT2D eigenvalue weighted by Gasteiger charge is 2.28. The van der Waals surface area contributed by atoms with Crippen LogP contribution in [0.1, 0.15) is 42.6 Å². The second kappa shape index (κ2) is 11.4. The zero-order valence-corrected chi connectivity index (χ0v) is 20.2. The molecule has 1 heterocycles. The Morgan fingerprint density at radius 2 is 1.59 bits per heavy atom. The highest BCUT2D eigenvalue weighted by Crippen LogP contribution is 2.21. The molecule has 1 aliphatic rings. The van der Waals surface area contributed by atoms with Crippen LogP contribution in [0.15, 0.2) is 59.5 Å². The van der Waals surface area contributed by atoms with E-state index in [0.717, 1.165) is 18.4 Å². The van der Waals surface area contributed by atoms with Crippen LogP contribution < -0.4 is 5.32 Å². The standard InChI is InChI=1S/C25H30N2O6S/c1-18(2)24(26-23(29)16-19-8-4-3-5-9-19)25(30)33-17-22(28)20-10-12-21(13-11-20)34(31,32)27-14-6-7-15-27/h3-5,8-13,18,24H,6-7,14-17H2,1-2H3,(H,26,29). The molecule has 0 aromatic heterocycles. The normalized spacial score (nSPS) is 15.1. The number of carbonyl (C=O) groups is 3. The molecular weight excluding hydrogens is 456 g/mol. The number of esters is 1. The number of rotatable bonds is 10. The van der Waals surface area contributed by atoms with Gasteiger partial charge in [0.15, 0.2) is 12.4 Å². The maximum Gasteiger partial charge on any atom is 0.329 e. The van der Waals surface area contributed by atoms with E-state index in [1.54, 1.807) is 13.8 Å². The van der Waals surface area contributed by atoms with Crippen LogP contribution in [0, 0.1) is 5.92 Å². The van der Waals surface area contributed by atoms with Gasteiger partial charge in [0.2, 0.25) is 15.9 Å². The first kappa shape index (κ1) is 25.6. The molecule has 0 spiro atoms. The van der Waals surface area contributed by atoms with Crippen molar-refractivity contribution in [2.45, 2.75) is 44.0 Å². The monoisotopic (exact) mass is 486 g/mol. The van der Waals surface area contributed by atoms with E-state index in [0.29, 0.717) is 13.1 Å². The van der Waals surface area contributed by atoms with E-state index in [9.17, 15) is 22.8 Å². The Labute approximate surface area is 200 Å². The fourth-order valence-corrected chi connectivity index (χ4v) is 5.22. The number of hydrogen-bond acceptors (Lipinski definition) is 6. The van der Waals surface area contributed by atoms with E-state index in [2.05, 4.69) is 5.32 Å². The van der Waals surface area contributed by atoms with E-state index in [-0.39, 0.29) is 28.7 Å². The molecule has 0 bridgehead atoms. The van der Waals surface area contributed by atoms with Crippen molar-refractivity contribution < 1.29 is 27.5 Å². The number of carbonyl (C=O) groups excluding carboxylic acids is 3. The maximum absolute atomic E-state index is 12.6. The summed E-state index contributed by atoms with van der Waals surface area (Å²) >= 11 is 0. The highest BCUT2D eigenvalue weighted by atomic mass is 32.2. The smallest absolute Gasteiger partial charge is 0.329 e. The molecule has 1 N–H and O–H groups in total. The van der Waals surface area contributed by atoms with Gasteiger partial charge in [0.25, 0.3) is 0 Å². The zero-order valence-electron chi connectivity index (χ0n) is 19.4. The van der Waals surface area contributed by atoms with Gasteiger partial charge in [-0.3, -0.25) is 9.59 Å². The Hall–Kier alpha value is -3.04. The van der Waals surface area contributed by atoms with Gasteiger partial charge >= 0.3 is 5.97 Å². The largest absolute Gasteiger partial charge is 0.456 e. The molecule has 2 aromatic carbocycles. The predicted octanol–water partition coefficient (Wildman–Crippen LogP) is 2.58. The van der Waals surface area contributed by atoms with Gasteiger partial charge in [-0.1, -0.05) is 44.2 Å². The van der Waals surface area contributed by atoms with Crippen LogP contribution in [-0.2, 0) is 30.8 Å². The lowest BCUT2D eigenvalue weighted by Gasteiger charge is -2.20. The van der Waals surface area contributed by atoms with Gasteiger partial charge in [-0.2, -0.15) is 4.31 Å². The number of sulfonamides is 1. The minimum absolute atomic E-state index is 0.128. The Balaban J connectivity index is 1.55. The van der Waals surface area contributed by atoms with Crippen molar-refractivity contribution in [2.75, 3.05) is 19.7 Å². The van der Waals surface area contributed by atoms with Crippen molar-refractivity contribution in [2.24, 2.45) is 5.92 Å². The quantitative estimate of drug-likeness (QED) is 0.408. The van der Waals surface area contributed by atoms with Crippen molar-refractivity contribution in [1.29, 1.82) is 0 Å². The first-order valence-corrected chi connectivity index (χ1v) is 12.8. The molecule has 0 saturated carbocycles. The summed E-state index contributed by atoms with van der Waals surface area (Å²) in [5.41, 5.74) is 1.06. The molecule has 1 saturated heterocycles. The predicted molar refractivity (Wildman–Crippen MR) is 127 cm³/mol. The number of nitrogens with one attached hydrogen (secondary N) is 1. The first-order valence-electron chi connectivity index (χ1n) is 11.3. The molecule has 0 aliphatic carbocycles. The van der Waals surface area contributed by atoms with Crippen molar-refractivity contribution in [1.82, 2.24) is 9.62 Å². The molecule has 1 unspecified atom stereocenters. The number of hydrogen-bond donors (Lipinski definition) is 1. The van der Waals surface area contributed by atoms with Crippen molar-refractivity contribution >= 4 is 27.7 Å². The Bertz CT molecular complexity index is 1110. The van der Waals surface area contributed by atoms with Crippen molar-refractivity contribution in [3.8, 4) is 0 Å². The number of amides is 1.